The Kier molecular flexibility index (Phi) is 3.01. The van der Waals surface area contributed by atoms with E-state index in [1.54, 1.807) is 6.20 Å². The first-order chi connectivity index (χ1) is 8.75. The van der Waals surface area contributed by atoms with Crippen molar-refractivity contribution in [2.24, 2.45) is 0 Å². The van der Waals surface area contributed by atoms with Crippen LogP contribution in [-0.4, -0.2) is 9.59 Å². The van der Waals surface area contributed by atoms with E-state index in [0.717, 1.165) is 5.00 Å². The number of anilines is 1. The molecule has 1 N–H and O–H groups in total. The van der Waals surface area contributed by atoms with E-state index in [1.807, 2.05) is 11.3 Å². The van der Waals surface area contributed by atoms with Crippen molar-refractivity contribution in [2.75, 3.05) is 5.32 Å². The Morgan fingerprint density at radius 2 is 2.11 bits per heavy atom. The quantitative estimate of drug-likeness (QED) is 0.777. The Balaban J connectivity index is 1.96. The molecule has 0 radical (unpaired) electrons. The predicted octanol–water partition coefficient (Wildman–Crippen LogP) is 4.23. The molecule has 0 saturated carbocycles. The van der Waals surface area contributed by atoms with Crippen LogP contribution in [0.2, 0.25) is 0 Å². The number of nitrogens with one attached hydrogen (secondary N) is 1. The van der Waals surface area contributed by atoms with Gasteiger partial charge in [0.05, 0.1) is 12.2 Å². The SMILES string of the molecule is Cc1c(C(C)Nc2cnns2)sc2ccccc12. The zero-order chi connectivity index (χ0) is 12.5. The van der Waals surface area contributed by atoms with Gasteiger partial charge in [-0.1, -0.05) is 22.7 Å². The largest absolute Gasteiger partial charge is 0.367 e. The number of fused-ring (bicyclic) bond motifs is 1. The van der Waals surface area contributed by atoms with Crippen LogP contribution in [0.1, 0.15) is 23.4 Å². The molecular formula is C13H13N3S2. The van der Waals surface area contributed by atoms with Crippen molar-refractivity contribution < 1.29 is 0 Å². The molecule has 3 rings (SSSR count). The van der Waals surface area contributed by atoms with E-state index >= 15 is 0 Å². The molecule has 18 heavy (non-hydrogen) atoms. The van der Waals surface area contributed by atoms with Crippen LogP contribution in [0.5, 0.6) is 0 Å². The Hall–Kier alpha value is -1.46. The molecule has 0 aliphatic heterocycles. The van der Waals surface area contributed by atoms with Crippen LogP contribution < -0.4 is 5.32 Å². The molecule has 1 atom stereocenters. The number of hydrogen-bond acceptors (Lipinski definition) is 5. The second kappa shape index (κ2) is 4.66. The van der Waals surface area contributed by atoms with Crippen LogP contribution in [-0.2, 0) is 0 Å². The number of rotatable bonds is 3. The van der Waals surface area contributed by atoms with E-state index in [1.165, 1.54) is 32.1 Å². The molecule has 2 heterocycles. The van der Waals surface area contributed by atoms with Crippen molar-refractivity contribution in [3.8, 4) is 0 Å². The first kappa shape index (κ1) is 11.6. The highest BCUT2D eigenvalue weighted by atomic mass is 32.1. The summed E-state index contributed by atoms with van der Waals surface area (Å²) in [4.78, 5) is 1.38. The molecule has 0 fully saturated rings. The lowest BCUT2D eigenvalue weighted by molar-refractivity contribution is 0.904. The average molecular weight is 275 g/mol. The lowest BCUT2D eigenvalue weighted by Gasteiger charge is -2.12. The summed E-state index contributed by atoms with van der Waals surface area (Å²) >= 11 is 3.25. The van der Waals surface area contributed by atoms with Gasteiger partial charge in [0, 0.05) is 21.1 Å². The van der Waals surface area contributed by atoms with Crippen LogP contribution >= 0.6 is 22.9 Å². The Bertz CT molecular complexity index is 658. The van der Waals surface area contributed by atoms with Gasteiger partial charge in [-0.25, -0.2) is 0 Å². The molecule has 0 bridgehead atoms. The van der Waals surface area contributed by atoms with Crippen LogP contribution in [0.3, 0.4) is 0 Å². The normalized spacial score (nSPS) is 12.8. The molecule has 1 unspecified atom stereocenters. The Morgan fingerprint density at radius 1 is 1.28 bits per heavy atom. The van der Waals surface area contributed by atoms with Gasteiger partial charge < -0.3 is 5.32 Å². The molecule has 3 aromatic rings. The summed E-state index contributed by atoms with van der Waals surface area (Å²) in [6, 6.07) is 8.83. The van der Waals surface area contributed by atoms with Gasteiger partial charge in [0.25, 0.3) is 0 Å². The molecule has 0 aliphatic carbocycles. The zero-order valence-corrected chi connectivity index (χ0v) is 11.8. The highest BCUT2D eigenvalue weighted by molar-refractivity contribution is 7.19. The van der Waals surface area contributed by atoms with Crippen molar-refractivity contribution in [1.82, 2.24) is 9.59 Å². The van der Waals surface area contributed by atoms with Gasteiger partial charge in [0.1, 0.15) is 5.00 Å². The summed E-state index contributed by atoms with van der Waals surface area (Å²) in [5.41, 5.74) is 1.37. The van der Waals surface area contributed by atoms with Gasteiger partial charge in [-0.2, -0.15) is 0 Å². The molecule has 5 heteroatoms. The van der Waals surface area contributed by atoms with Crippen molar-refractivity contribution in [3.05, 3.63) is 40.9 Å². The van der Waals surface area contributed by atoms with Crippen LogP contribution in [0, 0.1) is 6.92 Å². The minimum Gasteiger partial charge on any atom is -0.367 e. The number of hydrogen-bond donors (Lipinski definition) is 1. The number of aryl methyl sites for hydroxylation is 1. The lowest BCUT2D eigenvalue weighted by Crippen LogP contribution is -2.04. The van der Waals surface area contributed by atoms with Gasteiger partial charge in [-0.15, -0.1) is 16.4 Å². The van der Waals surface area contributed by atoms with E-state index in [-0.39, 0.29) is 6.04 Å². The Labute approximate surface area is 114 Å². The fourth-order valence-corrected chi connectivity index (χ4v) is 3.84. The standard InChI is InChI=1S/C13H13N3S2/c1-8-10-5-3-4-6-11(10)17-13(8)9(2)15-12-7-14-16-18-12/h3-7,9,15H,1-2H3. The zero-order valence-electron chi connectivity index (χ0n) is 10.2. The summed E-state index contributed by atoms with van der Waals surface area (Å²) in [6.45, 7) is 4.37. The average Bonchev–Trinajstić information content (AvgIpc) is 2.98. The summed E-state index contributed by atoms with van der Waals surface area (Å²) in [5, 5.41) is 9.66. The van der Waals surface area contributed by atoms with Crippen molar-refractivity contribution in [2.45, 2.75) is 19.9 Å². The third-order valence-corrected chi connectivity index (χ3v) is 5.05. The fourth-order valence-electron chi connectivity index (χ4n) is 2.12. The minimum atomic E-state index is 0.282. The van der Waals surface area contributed by atoms with Gasteiger partial charge in [-0.3, -0.25) is 0 Å². The molecule has 3 nitrogen and oxygen atoms in total. The van der Waals surface area contributed by atoms with Gasteiger partial charge in [0.2, 0.25) is 0 Å². The number of aromatic nitrogens is 2. The highest BCUT2D eigenvalue weighted by Crippen LogP contribution is 2.35. The maximum atomic E-state index is 3.87. The molecule has 0 saturated heterocycles. The minimum absolute atomic E-state index is 0.282. The monoisotopic (exact) mass is 275 g/mol. The Morgan fingerprint density at radius 3 is 2.83 bits per heavy atom. The molecule has 1 aromatic carbocycles. The topological polar surface area (TPSA) is 37.8 Å². The molecular weight excluding hydrogens is 262 g/mol. The van der Waals surface area contributed by atoms with Crippen LogP contribution in [0.15, 0.2) is 30.5 Å². The lowest BCUT2D eigenvalue weighted by atomic mass is 10.1. The highest BCUT2D eigenvalue weighted by Gasteiger charge is 2.14. The fraction of sp³-hybridized carbons (Fsp3) is 0.231. The molecule has 92 valence electrons. The number of thiophene rings is 1. The summed E-state index contributed by atoms with van der Waals surface area (Å²) in [6.07, 6.45) is 1.77. The number of nitrogens with zero attached hydrogens (tertiary/aromatic N) is 2. The molecule has 0 amide bonds. The van der Waals surface area contributed by atoms with E-state index in [9.17, 15) is 0 Å². The maximum absolute atomic E-state index is 3.87. The second-order valence-electron chi connectivity index (χ2n) is 4.24. The van der Waals surface area contributed by atoms with Crippen molar-refractivity contribution in [3.63, 3.8) is 0 Å². The van der Waals surface area contributed by atoms with Crippen LogP contribution in [0.4, 0.5) is 5.00 Å². The summed E-state index contributed by atoms with van der Waals surface area (Å²) in [7, 11) is 0. The van der Waals surface area contributed by atoms with Crippen molar-refractivity contribution in [1.29, 1.82) is 0 Å². The predicted molar refractivity (Wildman–Crippen MR) is 78.5 cm³/mol. The van der Waals surface area contributed by atoms with E-state index in [0.29, 0.717) is 0 Å². The number of benzene rings is 1. The molecule has 2 aromatic heterocycles. The molecule has 0 spiro atoms. The third-order valence-electron chi connectivity index (χ3n) is 2.99. The third kappa shape index (κ3) is 2.00. The van der Waals surface area contributed by atoms with E-state index in [2.05, 4.69) is 53.0 Å². The smallest absolute Gasteiger partial charge is 0.130 e. The van der Waals surface area contributed by atoms with Crippen LogP contribution in [0.25, 0.3) is 10.1 Å². The van der Waals surface area contributed by atoms with Gasteiger partial charge in [-0.05, 0) is 30.9 Å². The van der Waals surface area contributed by atoms with Gasteiger partial charge in [0.15, 0.2) is 0 Å². The molecule has 0 aliphatic rings. The maximum Gasteiger partial charge on any atom is 0.130 e. The van der Waals surface area contributed by atoms with E-state index < -0.39 is 0 Å². The second-order valence-corrected chi connectivity index (χ2v) is 6.10. The summed E-state index contributed by atoms with van der Waals surface area (Å²) in [5.74, 6) is 0. The van der Waals surface area contributed by atoms with Crippen molar-refractivity contribution >= 4 is 38.0 Å². The first-order valence-electron chi connectivity index (χ1n) is 5.77. The summed E-state index contributed by atoms with van der Waals surface area (Å²) < 4.78 is 5.21. The van der Waals surface area contributed by atoms with E-state index in [4.69, 9.17) is 0 Å². The first-order valence-corrected chi connectivity index (χ1v) is 7.36. The van der Waals surface area contributed by atoms with Gasteiger partial charge >= 0.3 is 0 Å².